The van der Waals surface area contributed by atoms with Crippen LogP contribution >= 0.6 is 0 Å². The Hall–Kier alpha value is -8.15. The molecule has 0 radical (unpaired) electrons. The zero-order valence-corrected chi connectivity index (χ0v) is 33.0. The van der Waals surface area contributed by atoms with Gasteiger partial charge in [-0.2, -0.15) is 4.57 Å². The van der Waals surface area contributed by atoms with Gasteiger partial charge >= 0.3 is 0 Å². The highest BCUT2D eigenvalue weighted by Gasteiger charge is 2.51. The van der Waals surface area contributed by atoms with Crippen molar-refractivity contribution in [3.05, 3.63) is 241 Å². The molecule has 5 nitrogen and oxygen atoms in total. The summed E-state index contributed by atoms with van der Waals surface area (Å²) in [6.07, 6.45) is 0. The Labute approximate surface area is 352 Å². The summed E-state index contributed by atoms with van der Waals surface area (Å²) >= 11 is 0. The lowest BCUT2D eigenvalue weighted by Gasteiger charge is -2.48. The lowest BCUT2D eigenvalue weighted by atomic mass is 9.61. The van der Waals surface area contributed by atoms with E-state index in [2.05, 4.69) is 237 Å². The van der Waals surface area contributed by atoms with E-state index in [1.165, 1.54) is 21.9 Å². The Balaban J connectivity index is 1.04. The number of ether oxygens (including phenoxy) is 1. The molecule has 0 fully saturated rings. The number of H-pyrrole nitrogens is 1. The maximum Gasteiger partial charge on any atom is 0.292 e. The smallest absolute Gasteiger partial charge is 0.292 e. The number of anilines is 3. The molecule has 2 aliphatic heterocycles. The molecule has 11 aromatic rings. The van der Waals surface area contributed by atoms with Gasteiger partial charge in [-0.25, -0.2) is 4.98 Å². The zero-order chi connectivity index (χ0) is 40.1. The molecule has 2 aliphatic rings. The number of para-hydroxylation sites is 8. The molecule has 0 bridgehead atoms. The van der Waals surface area contributed by atoms with E-state index < -0.39 is 5.41 Å². The molecule has 0 amide bonds. The fraction of sp³-hybridized carbons (Fsp3) is 0.0179. The van der Waals surface area contributed by atoms with Gasteiger partial charge in [0.1, 0.15) is 17.2 Å². The monoisotopic (exact) mass is 781 g/mol. The third-order valence-electron chi connectivity index (χ3n) is 12.8. The summed E-state index contributed by atoms with van der Waals surface area (Å²) in [5.74, 6) is 2.75. The summed E-state index contributed by atoms with van der Waals surface area (Å²) in [7, 11) is 0. The van der Waals surface area contributed by atoms with Gasteiger partial charge in [0.25, 0.3) is 5.82 Å². The number of hydrogen-bond donors (Lipinski definition) is 1. The molecule has 286 valence electrons. The van der Waals surface area contributed by atoms with E-state index >= 15 is 0 Å². The third-order valence-corrected chi connectivity index (χ3v) is 12.8. The highest BCUT2D eigenvalue weighted by molar-refractivity contribution is 6.10. The molecule has 1 spiro atoms. The van der Waals surface area contributed by atoms with Crippen LogP contribution in [0.1, 0.15) is 22.3 Å². The Morgan fingerprint density at radius 2 is 1.07 bits per heavy atom. The van der Waals surface area contributed by atoms with Crippen molar-refractivity contribution in [3.63, 3.8) is 0 Å². The fourth-order valence-electron chi connectivity index (χ4n) is 10.4. The molecule has 13 rings (SSSR count). The van der Waals surface area contributed by atoms with Crippen molar-refractivity contribution < 1.29 is 9.30 Å². The van der Waals surface area contributed by atoms with Crippen LogP contribution in [0.25, 0.3) is 55.6 Å². The van der Waals surface area contributed by atoms with Gasteiger partial charge in [-0.1, -0.05) is 121 Å². The molecule has 2 aromatic heterocycles. The highest BCUT2D eigenvalue weighted by Crippen LogP contribution is 2.63. The topological polar surface area (TPSA) is 37.1 Å². The van der Waals surface area contributed by atoms with Gasteiger partial charge in [-0.15, -0.1) is 0 Å². The van der Waals surface area contributed by atoms with Crippen LogP contribution in [-0.2, 0) is 5.41 Å². The Bertz CT molecular complexity index is 3460. The first kappa shape index (κ1) is 33.8. The Kier molecular flexibility index (Phi) is 7.16. The van der Waals surface area contributed by atoms with E-state index in [1.54, 1.807) is 0 Å². The van der Waals surface area contributed by atoms with E-state index in [0.717, 1.165) is 84.5 Å². The van der Waals surface area contributed by atoms with Crippen LogP contribution in [0.4, 0.5) is 17.1 Å². The number of aromatic nitrogens is 3. The molecular formula is C56H37N4O+. The number of aromatic amines is 1. The standard InChI is InChI=1S/C56H36N4O/c1-3-17-38(18-4-1)59-49-27-13-8-22-43(49)56(44-23-9-14-28-50(44)59)45-24-10-16-30-53(45)61-54-36-52-42(35-46(54)56)41-21-7-12-26-48(41)58(52)40-33-31-37(32-34-40)55-57-47-25-11-15-29-51(47)60(55)39-19-5-2-6-20-39/h1-36H/p+1. The van der Waals surface area contributed by atoms with Crippen molar-refractivity contribution in [2.24, 2.45) is 0 Å². The molecule has 0 aliphatic carbocycles. The quantitative estimate of drug-likeness (QED) is 0.181. The lowest BCUT2D eigenvalue weighted by Crippen LogP contribution is -2.39. The molecule has 0 unspecified atom stereocenters. The molecule has 9 aromatic carbocycles. The summed E-state index contributed by atoms with van der Waals surface area (Å²) in [4.78, 5) is 6.14. The molecule has 0 atom stereocenters. The van der Waals surface area contributed by atoms with Crippen LogP contribution in [0, 0.1) is 0 Å². The minimum absolute atomic E-state index is 0.657. The van der Waals surface area contributed by atoms with E-state index in [0.29, 0.717) is 0 Å². The van der Waals surface area contributed by atoms with E-state index in [1.807, 2.05) is 0 Å². The van der Waals surface area contributed by atoms with Gasteiger partial charge in [0.15, 0.2) is 11.0 Å². The number of nitrogens with zero attached hydrogens (tertiary/aromatic N) is 3. The number of rotatable bonds is 4. The molecular weight excluding hydrogens is 745 g/mol. The van der Waals surface area contributed by atoms with Gasteiger partial charge in [0, 0.05) is 39.3 Å². The van der Waals surface area contributed by atoms with Crippen molar-refractivity contribution in [3.8, 4) is 34.3 Å². The first-order chi connectivity index (χ1) is 30.3. The van der Waals surface area contributed by atoms with Crippen LogP contribution in [-0.4, -0.2) is 9.55 Å². The number of benzene rings is 9. The molecule has 5 heteroatoms. The molecule has 0 saturated heterocycles. The van der Waals surface area contributed by atoms with E-state index in [4.69, 9.17) is 4.74 Å². The average molecular weight is 782 g/mol. The summed E-state index contributed by atoms with van der Waals surface area (Å²) in [5, 5.41) is 2.37. The average Bonchev–Trinajstić information content (AvgIpc) is 3.87. The van der Waals surface area contributed by atoms with Crippen molar-refractivity contribution in [2.45, 2.75) is 5.41 Å². The summed E-state index contributed by atoms with van der Waals surface area (Å²) in [5.41, 5.74) is 15.2. The fourth-order valence-corrected chi connectivity index (χ4v) is 10.4. The van der Waals surface area contributed by atoms with Gasteiger partial charge in [0.05, 0.1) is 33.4 Å². The van der Waals surface area contributed by atoms with Gasteiger partial charge in [0.2, 0.25) is 0 Å². The molecule has 1 N–H and O–H groups in total. The SMILES string of the molecule is c1ccc(N2c3ccccc3C3(c4ccccc4Oc4cc5c(cc43)c3ccccc3n5-c3ccc(-c4[nH]c5ccccc5[n+]4-c4ccccc4)cc3)c3ccccc32)cc1. The van der Waals surface area contributed by atoms with Crippen LogP contribution < -0.4 is 14.2 Å². The number of fused-ring (bicyclic) bond motifs is 12. The second kappa shape index (κ2) is 12.9. The van der Waals surface area contributed by atoms with Gasteiger partial charge in [-0.05, 0) is 102 Å². The summed E-state index contributed by atoms with van der Waals surface area (Å²) < 4.78 is 11.8. The third kappa shape index (κ3) is 4.74. The summed E-state index contributed by atoms with van der Waals surface area (Å²) in [6, 6.07) is 78.6. The second-order valence-electron chi connectivity index (χ2n) is 16.0. The normalized spacial score (nSPS) is 13.5. The van der Waals surface area contributed by atoms with Crippen molar-refractivity contribution in [1.29, 1.82) is 0 Å². The number of nitrogens with one attached hydrogen (secondary N) is 1. The maximum absolute atomic E-state index is 7.07. The first-order valence-corrected chi connectivity index (χ1v) is 20.9. The van der Waals surface area contributed by atoms with Gasteiger partial charge < -0.3 is 14.2 Å². The lowest BCUT2D eigenvalue weighted by molar-refractivity contribution is -0.554. The molecule has 4 heterocycles. The maximum atomic E-state index is 7.07. The first-order valence-electron chi connectivity index (χ1n) is 20.9. The zero-order valence-electron chi connectivity index (χ0n) is 33.0. The largest absolute Gasteiger partial charge is 0.457 e. The van der Waals surface area contributed by atoms with Crippen molar-refractivity contribution in [1.82, 2.24) is 9.55 Å². The van der Waals surface area contributed by atoms with Crippen LogP contribution in [0.15, 0.2) is 218 Å². The predicted octanol–water partition coefficient (Wildman–Crippen LogP) is 13.5. The van der Waals surface area contributed by atoms with Crippen molar-refractivity contribution in [2.75, 3.05) is 4.90 Å². The Morgan fingerprint density at radius 1 is 0.443 bits per heavy atom. The predicted molar refractivity (Wildman–Crippen MR) is 246 cm³/mol. The van der Waals surface area contributed by atoms with E-state index in [9.17, 15) is 0 Å². The number of hydrogen-bond acceptors (Lipinski definition) is 2. The minimum Gasteiger partial charge on any atom is -0.457 e. The molecule has 61 heavy (non-hydrogen) atoms. The number of imidazole rings is 1. The highest BCUT2D eigenvalue weighted by atomic mass is 16.5. The second-order valence-corrected chi connectivity index (χ2v) is 16.0. The Morgan fingerprint density at radius 3 is 1.84 bits per heavy atom. The summed E-state index contributed by atoms with van der Waals surface area (Å²) in [6.45, 7) is 0. The van der Waals surface area contributed by atoms with Gasteiger partial charge in [-0.3, -0.25) is 0 Å². The van der Waals surface area contributed by atoms with Crippen LogP contribution in [0.5, 0.6) is 11.5 Å². The minimum atomic E-state index is -0.657. The molecule has 0 saturated carbocycles. The van der Waals surface area contributed by atoms with E-state index in [-0.39, 0.29) is 0 Å². The van der Waals surface area contributed by atoms with Crippen molar-refractivity contribution >= 4 is 49.9 Å². The van der Waals surface area contributed by atoms with Crippen LogP contribution in [0.2, 0.25) is 0 Å². The van der Waals surface area contributed by atoms with Crippen LogP contribution in [0.3, 0.4) is 0 Å².